The second kappa shape index (κ2) is 63.1. The third-order valence-electron chi connectivity index (χ3n) is 16.8. The summed E-state index contributed by atoms with van der Waals surface area (Å²) in [5.41, 5.74) is 0. The van der Waals surface area contributed by atoms with Crippen molar-refractivity contribution in [1.82, 2.24) is 0 Å². The Bertz CT molecular complexity index is 1750. The molecule has 90 heavy (non-hydrogen) atoms. The lowest BCUT2D eigenvalue weighted by Crippen LogP contribution is -2.30. The standard InChI is InChI=1S/C71H138O17P2/c1-7-10-12-14-16-18-20-21-22-23-24-25-26-27-28-29-31-35-43-49-55-70(75)87-66(59-82-69(74)54-48-42-36-32-33-39-45-51-63(4)5)61-85-89(77,78)83-57-65(72)58-84-90(79,80)86-62-67(88-71(76)56-50-44-38-37-40-46-52-64(6)9-3)60-81-68(73)53-47-41-34-30-19-17-15-13-11-8-2/h63-67,72H,7-62H2,1-6H3,(H,77,78)(H,79,80)/t64?,65-,66-,67-/m1/s1. The summed E-state index contributed by atoms with van der Waals surface area (Å²) in [7, 11) is -9.90. The number of hydrogen-bond donors (Lipinski definition) is 3. The maximum Gasteiger partial charge on any atom is 0.472 e. The van der Waals surface area contributed by atoms with Crippen molar-refractivity contribution in [3.05, 3.63) is 0 Å². The van der Waals surface area contributed by atoms with E-state index < -0.39 is 97.5 Å². The molecule has 0 aromatic heterocycles. The Labute approximate surface area is 549 Å². The van der Waals surface area contributed by atoms with Crippen molar-refractivity contribution in [1.29, 1.82) is 0 Å². The second-order valence-electron chi connectivity index (χ2n) is 26.3. The van der Waals surface area contributed by atoms with E-state index >= 15 is 0 Å². The van der Waals surface area contributed by atoms with Crippen LogP contribution < -0.4 is 0 Å². The maximum absolute atomic E-state index is 13.0. The predicted octanol–water partition coefficient (Wildman–Crippen LogP) is 20.4. The van der Waals surface area contributed by atoms with E-state index in [1.165, 1.54) is 173 Å². The quantitative estimate of drug-likeness (QED) is 0.0222. The van der Waals surface area contributed by atoms with Gasteiger partial charge in [-0.05, 0) is 37.5 Å². The van der Waals surface area contributed by atoms with E-state index in [0.29, 0.717) is 31.6 Å². The van der Waals surface area contributed by atoms with Gasteiger partial charge in [-0.25, -0.2) is 9.13 Å². The first-order chi connectivity index (χ1) is 43.4. The highest BCUT2D eigenvalue weighted by Crippen LogP contribution is 2.45. The van der Waals surface area contributed by atoms with Crippen molar-refractivity contribution >= 4 is 39.5 Å². The number of aliphatic hydroxyl groups excluding tert-OH is 1. The lowest BCUT2D eigenvalue weighted by Gasteiger charge is -2.21. The van der Waals surface area contributed by atoms with Gasteiger partial charge in [-0.3, -0.25) is 37.3 Å². The fourth-order valence-electron chi connectivity index (χ4n) is 10.7. The minimum atomic E-state index is -4.95. The third kappa shape index (κ3) is 63.5. The van der Waals surface area contributed by atoms with Gasteiger partial charge in [0.1, 0.15) is 19.3 Å². The fraction of sp³-hybridized carbons (Fsp3) is 0.944. The summed E-state index contributed by atoms with van der Waals surface area (Å²) in [6.07, 6.45) is 48.8. The number of phosphoric ester groups is 2. The number of carbonyl (C=O) groups excluding carboxylic acids is 4. The van der Waals surface area contributed by atoms with Gasteiger partial charge in [0, 0.05) is 25.7 Å². The first-order valence-corrected chi connectivity index (χ1v) is 40.0. The maximum atomic E-state index is 13.0. The van der Waals surface area contributed by atoms with E-state index in [1.807, 2.05) is 0 Å². The normalized spacial score (nSPS) is 14.4. The van der Waals surface area contributed by atoms with Crippen LogP contribution in [0.5, 0.6) is 0 Å². The molecule has 0 aliphatic carbocycles. The average molecular weight is 1330 g/mol. The van der Waals surface area contributed by atoms with Gasteiger partial charge in [0.15, 0.2) is 12.2 Å². The molecule has 0 heterocycles. The monoisotopic (exact) mass is 1320 g/mol. The Kier molecular flexibility index (Phi) is 61.8. The van der Waals surface area contributed by atoms with Gasteiger partial charge in [-0.1, -0.05) is 311 Å². The van der Waals surface area contributed by atoms with Crippen molar-refractivity contribution < 1.29 is 80.2 Å². The first-order valence-electron chi connectivity index (χ1n) is 37.0. The molecular formula is C71H138O17P2. The van der Waals surface area contributed by atoms with Crippen LogP contribution in [0.2, 0.25) is 0 Å². The minimum Gasteiger partial charge on any atom is -0.462 e. The molecule has 0 saturated heterocycles. The SMILES string of the molecule is CCCCCCCCCCCCCCCCCCCCCCC(=O)O[C@H](COC(=O)CCCCCCCCCC(C)C)COP(=O)(O)OC[C@@H](O)COP(=O)(O)OC[C@@H](COC(=O)CCCCCCCCCCCC)OC(=O)CCCCCCCCC(C)CC. The second-order valence-corrected chi connectivity index (χ2v) is 29.3. The fourth-order valence-corrected chi connectivity index (χ4v) is 12.3. The Morgan fingerprint density at radius 2 is 0.567 bits per heavy atom. The summed E-state index contributed by atoms with van der Waals surface area (Å²) in [4.78, 5) is 72.5. The van der Waals surface area contributed by atoms with E-state index in [1.54, 1.807) is 0 Å². The zero-order chi connectivity index (χ0) is 66.5. The zero-order valence-corrected chi connectivity index (χ0v) is 60.2. The number of aliphatic hydroxyl groups is 1. The van der Waals surface area contributed by atoms with Crippen molar-refractivity contribution in [3.63, 3.8) is 0 Å². The summed E-state index contributed by atoms with van der Waals surface area (Å²) in [6, 6.07) is 0. The molecule has 0 spiro atoms. The summed E-state index contributed by atoms with van der Waals surface area (Å²) in [5, 5.41) is 10.6. The first kappa shape index (κ1) is 88.1. The summed E-state index contributed by atoms with van der Waals surface area (Å²) in [5.74, 6) is -0.703. The molecule has 0 aliphatic heterocycles. The Morgan fingerprint density at radius 3 is 0.844 bits per heavy atom. The van der Waals surface area contributed by atoms with Crippen LogP contribution in [-0.4, -0.2) is 96.7 Å². The van der Waals surface area contributed by atoms with Gasteiger partial charge in [0.25, 0.3) is 0 Å². The van der Waals surface area contributed by atoms with Crippen LogP contribution >= 0.6 is 15.6 Å². The zero-order valence-electron chi connectivity index (χ0n) is 58.4. The van der Waals surface area contributed by atoms with E-state index in [-0.39, 0.29) is 25.7 Å². The summed E-state index contributed by atoms with van der Waals surface area (Å²) in [6.45, 7) is 9.44. The number of hydrogen-bond acceptors (Lipinski definition) is 15. The number of carbonyl (C=O) groups is 4. The number of phosphoric acid groups is 2. The summed E-state index contributed by atoms with van der Waals surface area (Å²) >= 11 is 0. The van der Waals surface area contributed by atoms with Crippen LogP contribution in [0.25, 0.3) is 0 Å². The molecule has 17 nitrogen and oxygen atoms in total. The predicted molar refractivity (Wildman–Crippen MR) is 363 cm³/mol. The highest BCUT2D eigenvalue weighted by atomic mass is 31.2. The molecule has 0 aliphatic rings. The van der Waals surface area contributed by atoms with Gasteiger partial charge in [0.2, 0.25) is 0 Å². The van der Waals surface area contributed by atoms with Crippen molar-refractivity contribution in [2.75, 3.05) is 39.6 Å². The highest BCUT2D eigenvalue weighted by Gasteiger charge is 2.30. The number of rotatable bonds is 70. The third-order valence-corrected chi connectivity index (χ3v) is 18.7. The van der Waals surface area contributed by atoms with Gasteiger partial charge < -0.3 is 33.8 Å². The van der Waals surface area contributed by atoms with Crippen LogP contribution in [0.15, 0.2) is 0 Å². The van der Waals surface area contributed by atoms with E-state index in [4.69, 9.17) is 37.0 Å². The largest absolute Gasteiger partial charge is 0.472 e. The molecule has 6 atom stereocenters. The Hall–Kier alpha value is -1.94. The Balaban J connectivity index is 5.17. The average Bonchev–Trinajstić information content (AvgIpc) is 2.30. The lowest BCUT2D eigenvalue weighted by molar-refractivity contribution is -0.161. The van der Waals surface area contributed by atoms with Crippen LogP contribution in [0.4, 0.5) is 0 Å². The van der Waals surface area contributed by atoms with Gasteiger partial charge in [0.05, 0.1) is 26.4 Å². The molecule has 3 N–H and O–H groups in total. The molecular weight excluding hydrogens is 1190 g/mol. The van der Waals surface area contributed by atoms with Gasteiger partial charge in [-0.15, -0.1) is 0 Å². The number of esters is 4. The van der Waals surface area contributed by atoms with Crippen LogP contribution in [0.1, 0.15) is 363 Å². The molecule has 0 aromatic rings. The molecule has 0 bridgehead atoms. The van der Waals surface area contributed by atoms with Crippen molar-refractivity contribution in [2.45, 2.75) is 381 Å². The van der Waals surface area contributed by atoms with E-state index in [9.17, 15) is 43.2 Å². The molecule has 3 unspecified atom stereocenters. The molecule has 0 saturated carbocycles. The molecule has 0 amide bonds. The van der Waals surface area contributed by atoms with Crippen LogP contribution in [-0.2, 0) is 65.4 Å². The van der Waals surface area contributed by atoms with Gasteiger partial charge >= 0.3 is 39.5 Å². The number of ether oxygens (including phenoxy) is 4. The molecule has 0 fully saturated rings. The van der Waals surface area contributed by atoms with E-state index in [2.05, 4.69) is 41.5 Å². The van der Waals surface area contributed by atoms with E-state index in [0.717, 1.165) is 102 Å². The van der Waals surface area contributed by atoms with Crippen molar-refractivity contribution in [3.8, 4) is 0 Å². The highest BCUT2D eigenvalue weighted by molar-refractivity contribution is 7.47. The Morgan fingerprint density at radius 1 is 0.322 bits per heavy atom. The van der Waals surface area contributed by atoms with Crippen LogP contribution in [0.3, 0.4) is 0 Å². The van der Waals surface area contributed by atoms with Crippen LogP contribution in [0, 0.1) is 11.8 Å². The molecule has 534 valence electrons. The lowest BCUT2D eigenvalue weighted by atomic mass is 10.00. The smallest absolute Gasteiger partial charge is 0.462 e. The van der Waals surface area contributed by atoms with Gasteiger partial charge in [-0.2, -0.15) is 0 Å². The topological polar surface area (TPSA) is 237 Å². The van der Waals surface area contributed by atoms with Crippen molar-refractivity contribution in [2.24, 2.45) is 11.8 Å². The minimum absolute atomic E-state index is 0.103. The molecule has 0 radical (unpaired) electrons. The summed E-state index contributed by atoms with van der Waals surface area (Å²) < 4.78 is 68.2. The molecule has 0 rings (SSSR count). The molecule has 19 heteroatoms. The number of unbranched alkanes of at least 4 members (excludes halogenated alkanes) is 39. The molecule has 0 aromatic carbocycles.